The van der Waals surface area contributed by atoms with Gasteiger partial charge in [0.2, 0.25) is 0 Å². The molecule has 0 bridgehead atoms. The lowest BCUT2D eigenvalue weighted by Crippen LogP contribution is -2.47. The normalized spacial score (nSPS) is 20.8. The summed E-state index contributed by atoms with van der Waals surface area (Å²) in [4.78, 5) is 10.8. The fraction of sp³-hybridized carbons (Fsp3) is 0.727. The summed E-state index contributed by atoms with van der Waals surface area (Å²) in [6.45, 7) is 2.91. The Kier molecular flexibility index (Phi) is 4.59. The minimum Gasteiger partial charge on any atom is -0.476 e. The van der Waals surface area contributed by atoms with E-state index in [0.29, 0.717) is 19.5 Å². The zero-order valence-electron chi connectivity index (χ0n) is 12.0. The lowest BCUT2D eigenvalue weighted by molar-refractivity contribution is 0.0690. The predicted octanol–water partition coefficient (Wildman–Crippen LogP) is -0.190. The number of carboxylic acids is 1. The van der Waals surface area contributed by atoms with Gasteiger partial charge in [-0.05, 0) is 12.8 Å². The molecule has 1 fully saturated rings. The molecule has 1 aromatic heterocycles. The largest absolute Gasteiger partial charge is 0.476 e. The van der Waals surface area contributed by atoms with Gasteiger partial charge in [-0.15, -0.1) is 5.10 Å². The number of hydrogen-bond donors (Lipinski definition) is 1. The van der Waals surface area contributed by atoms with Gasteiger partial charge in [-0.2, -0.15) is 17.0 Å². The Bertz CT molecular complexity index is 614. The first kappa shape index (κ1) is 15.9. The lowest BCUT2D eigenvalue weighted by Gasteiger charge is -2.33. The van der Waals surface area contributed by atoms with E-state index in [-0.39, 0.29) is 18.3 Å². The van der Waals surface area contributed by atoms with E-state index in [1.165, 1.54) is 26.5 Å². The molecular weight excluding hydrogens is 298 g/mol. The molecule has 1 unspecified atom stereocenters. The summed E-state index contributed by atoms with van der Waals surface area (Å²) in [6.07, 6.45) is 2.78. The van der Waals surface area contributed by atoms with E-state index >= 15 is 0 Å². The highest BCUT2D eigenvalue weighted by Crippen LogP contribution is 2.23. The molecule has 0 radical (unpaired) electrons. The van der Waals surface area contributed by atoms with Crippen LogP contribution in [0.15, 0.2) is 6.20 Å². The van der Waals surface area contributed by atoms with Crippen molar-refractivity contribution < 1.29 is 18.3 Å². The molecule has 0 aromatic carbocycles. The highest BCUT2D eigenvalue weighted by molar-refractivity contribution is 7.86. The number of rotatable bonds is 5. The van der Waals surface area contributed by atoms with Crippen LogP contribution in [0.2, 0.25) is 0 Å². The van der Waals surface area contributed by atoms with Gasteiger partial charge in [-0.1, -0.05) is 12.1 Å². The Morgan fingerprint density at radius 2 is 2.29 bits per heavy atom. The van der Waals surface area contributed by atoms with Crippen LogP contribution in [-0.4, -0.2) is 69.8 Å². The third-order valence-corrected chi connectivity index (χ3v) is 5.66. The summed E-state index contributed by atoms with van der Waals surface area (Å²) >= 11 is 0. The van der Waals surface area contributed by atoms with Gasteiger partial charge in [-0.3, -0.25) is 0 Å². The van der Waals surface area contributed by atoms with Gasteiger partial charge in [0.05, 0.1) is 12.2 Å². The van der Waals surface area contributed by atoms with E-state index in [2.05, 4.69) is 10.3 Å². The quantitative estimate of drug-likeness (QED) is 0.806. The average Bonchev–Trinajstić information content (AvgIpc) is 2.96. The van der Waals surface area contributed by atoms with Crippen molar-refractivity contribution in [1.29, 1.82) is 0 Å². The van der Waals surface area contributed by atoms with Crippen LogP contribution in [0, 0.1) is 0 Å². The third-order valence-electron chi connectivity index (χ3n) is 3.63. The standard InChI is InChI=1S/C11H19N5O4S/c1-3-14(2)21(19,20)15-6-4-5-9(7-15)16-8-10(11(17)18)12-13-16/h8-9H,3-7H2,1-2H3,(H,17,18). The molecule has 1 N–H and O–H groups in total. The van der Waals surface area contributed by atoms with Gasteiger partial charge < -0.3 is 5.11 Å². The van der Waals surface area contributed by atoms with E-state index in [4.69, 9.17) is 5.11 Å². The molecule has 1 saturated heterocycles. The van der Waals surface area contributed by atoms with Gasteiger partial charge in [0.15, 0.2) is 5.69 Å². The van der Waals surface area contributed by atoms with Crippen LogP contribution in [0.3, 0.4) is 0 Å². The van der Waals surface area contributed by atoms with Crippen molar-refractivity contribution in [2.24, 2.45) is 0 Å². The molecule has 9 nitrogen and oxygen atoms in total. The molecule has 0 aliphatic carbocycles. The van der Waals surface area contributed by atoms with Gasteiger partial charge in [0.1, 0.15) is 0 Å². The van der Waals surface area contributed by atoms with Crippen LogP contribution in [-0.2, 0) is 10.2 Å². The van der Waals surface area contributed by atoms with Crippen molar-refractivity contribution in [3.63, 3.8) is 0 Å². The molecule has 0 saturated carbocycles. The number of carboxylic acid groups (broad SMARTS) is 1. The van der Waals surface area contributed by atoms with Crippen molar-refractivity contribution in [2.45, 2.75) is 25.8 Å². The number of nitrogens with zero attached hydrogens (tertiary/aromatic N) is 5. The Balaban J connectivity index is 2.15. The predicted molar refractivity (Wildman–Crippen MR) is 74.0 cm³/mol. The fourth-order valence-electron chi connectivity index (χ4n) is 2.26. The van der Waals surface area contributed by atoms with Crippen LogP contribution in [0.1, 0.15) is 36.3 Å². The summed E-state index contributed by atoms with van der Waals surface area (Å²) in [7, 11) is -1.94. The van der Waals surface area contributed by atoms with Crippen LogP contribution in [0.5, 0.6) is 0 Å². The van der Waals surface area contributed by atoms with Crippen LogP contribution in [0.25, 0.3) is 0 Å². The van der Waals surface area contributed by atoms with Crippen molar-refractivity contribution >= 4 is 16.2 Å². The number of hydrogen-bond acceptors (Lipinski definition) is 5. The van der Waals surface area contributed by atoms with Crippen molar-refractivity contribution in [2.75, 3.05) is 26.7 Å². The smallest absolute Gasteiger partial charge is 0.358 e. The Hall–Kier alpha value is -1.52. The Morgan fingerprint density at radius 3 is 2.86 bits per heavy atom. The van der Waals surface area contributed by atoms with Crippen molar-refractivity contribution in [1.82, 2.24) is 23.6 Å². The molecule has 1 aliphatic rings. The monoisotopic (exact) mass is 317 g/mol. The maximum absolute atomic E-state index is 12.3. The lowest BCUT2D eigenvalue weighted by atomic mass is 10.1. The van der Waals surface area contributed by atoms with Crippen molar-refractivity contribution in [3.05, 3.63) is 11.9 Å². The molecule has 21 heavy (non-hydrogen) atoms. The first-order chi connectivity index (χ1) is 9.86. The van der Waals surface area contributed by atoms with E-state index in [9.17, 15) is 13.2 Å². The number of aromatic carboxylic acids is 1. The second-order valence-corrected chi connectivity index (χ2v) is 7.00. The zero-order chi connectivity index (χ0) is 15.6. The molecule has 1 atom stereocenters. The fourth-order valence-corrected chi connectivity index (χ4v) is 3.70. The number of aromatic nitrogens is 3. The zero-order valence-corrected chi connectivity index (χ0v) is 12.8. The highest BCUT2D eigenvalue weighted by Gasteiger charge is 2.32. The third kappa shape index (κ3) is 3.22. The molecule has 10 heteroatoms. The average molecular weight is 317 g/mol. The van der Waals surface area contributed by atoms with E-state index < -0.39 is 16.2 Å². The second kappa shape index (κ2) is 6.08. The second-order valence-electron chi connectivity index (χ2n) is 4.96. The molecule has 2 rings (SSSR count). The summed E-state index contributed by atoms with van der Waals surface area (Å²) in [5.41, 5.74) is -0.138. The summed E-state index contributed by atoms with van der Waals surface area (Å²) in [6, 6.07) is -0.195. The molecule has 1 aliphatic heterocycles. The van der Waals surface area contributed by atoms with Gasteiger partial charge in [-0.25, -0.2) is 9.48 Å². The maximum Gasteiger partial charge on any atom is 0.358 e. The van der Waals surface area contributed by atoms with Crippen molar-refractivity contribution in [3.8, 4) is 0 Å². The molecule has 0 spiro atoms. The van der Waals surface area contributed by atoms with Gasteiger partial charge in [0.25, 0.3) is 10.2 Å². The maximum atomic E-state index is 12.3. The first-order valence-corrected chi connectivity index (χ1v) is 8.12. The van der Waals surface area contributed by atoms with Crippen LogP contribution >= 0.6 is 0 Å². The first-order valence-electron chi connectivity index (χ1n) is 6.72. The molecule has 0 amide bonds. The van der Waals surface area contributed by atoms with Gasteiger partial charge in [0, 0.05) is 26.7 Å². The van der Waals surface area contributed by atoms with E-state index in [1.807, 2.05) is 0 Å². The summed E-state index contributed by atoms with van der Waals surface area (Å²) in [5, 5.41) is 16.2. The van der Waals surface area contributed by atoms with E-state index in [0.717, 1.165) is 6.42 Å². The molecule has 2 heterocycles. The summed E-state index contributed by atoms with van der Waals surface area (Å²) in [5.74, 6) is -1.15. The summed E-state index contributed by atoms with van der Waals surface area (Å²) < 4.78 is 28.8. The topological polar surface area (TPSA) is 109 Å². The SMILES string of the molecule is CCN(C)S(=O)(=O)N1CCCC(n2cc(C(=O)O)nn2)C1. The van der Waals surface area contributed by atoms with E-state index in [1.54, 1.807) is 6.92 Å². The van der Waals surface area contributed by atoms with Crippen LogP contribution < -0.4 is 0 Å². The number of piperidine rings is 1. The molecule has 1 aromatic rings. The molecule has 118 valence electrons. The minimum absolute atomic E-state index is 0.138. The Labute approximate surface area is 123 Å². The molecular formula is C11H19N5O4S. The Morgan fingerprint density at radius 1 is 1.57 bits per heavy atom. The highest BCUT2D eigenvalue weighted by atomic mass is 32.2. The number of carbonyl (C=O) groups is 1. The van der Waals surface area contributed by atoms with Gasteiger partial charge >= 0.3 is 5.97 Å². The minimum atomic E-state index is -3.47. The van der Waals surface area contributed by atoms with Crippen LogP contribution in [0.4, 0.5) is 0 Å².